The highest BCUT2D eigenvalue weighted by molar-refractivity contribution is 9.10. The molecule has 0 aromatic heterocycles. The molecule has 0 saturated carbocycles. The Morgan fingerprint density at radius 2 is 1.90 bits per heavy atom. The minimum absolute atomic E-state index is 0.270. The van der Waals surface area contributed by atoms with Gasteiger partial charge in [-0.25, -0.2) is 0 Å². The number of hydrogen-bond donors (Lipinski definition) is 1. The van der Waals surface area contributed by atoms with Crippen LogP contribution in [0.4, 0.5) is 10.5 Å². The fourth-order valence-corrected chi connectivity index (χ4v) is 4.25. The molecule has 6 nitrogen and oxygen atoms in total. The lowest BCUT2D eigenvalue weighted by Crippen LogP contribution is -2.36. The number of halogens is 1. The van der Waals surface area contributed by atoms with Crippen molar-refractivity contribution in [1.29, 1.82) is 0 Å². The highest BCUT2D eigenvalue weighted by Gasteiger charge is 2.36. The molecule has 30 heavy (non-hydrogen) atoms. The summed E-state index contributed by atoms with van der Waals surface area (Å²) in [6.45, 7) is 3.84. The minimum atomic E-state index is -0.484. The second kappa shape index (κ2) is 9.49. The van der Waals surface area contributed by atoms with Crippen LogP contribution < -0.4 is 10.1 Å². The van der Waals surface area contributed by atoms with E-state index in [0.29, 0.717) is 17.4 Å². The number of thioether (sulfide) groups is 1. The first kappa shape index (κ1) is 22.1. The van der Waals surface area contributed by atoms with Crippen LogP contribution in [0.15, 0.2) is 51.8 Å². The van der Waals surface area contributed by atoms with Gasteiger partial charge in [0.05, 0.1) is 16.5 Å². The van der Waals surface area contributed by atoms with E-state index >= 15 is 0 Å². The van der Waals surface area contributed by atoms with Crippen LogP contribution in [-0.2, 0) is 9.59 Å². The number of ether oxygens (including phenoxy) is 1. The van der Waals surface area contributed by atoms with Crippen LogP contribution in [0.5, 0.6) is 5.75 Å². The van der Waals surface area contributed by atoms with Gasteiger partial charge in [-0.15, -0.1) is 0 Å². The van der Waals surface area contributed by atoms with Gasteiger partial charge < -0.3 is 10.1 Å². The predicted molar refractivity (Wildman–Crippen MR) is 123 cm³/mol. The molecular weight excluding hydrogens is 468 g/mol. The molecule has 2 aromatic rings. The Morgan fingerprint density at radius 1 is 1.20 bits per heavy atom. The molecule has 1 saturated heterocycles. The molecule has 0 aliphatic carbocycles. The van der Waals surface area contributed by atoms with Crippen molar-refractivity contribution in [2.24, 2.45) is 0 Å². The van der Waals surface area contributed by atoms with Gasteiger partial charge in [-0.2, -0.15) is 0 Å². The zero-order valence-corrected chi connectivity index (χ0v) is 19.2. The number of imide groups is 1. The van der Waals surface area contributed by atoms with Gasteiger partial charge in [0.2, 0.25) is 5.91 Å². The second-order valence-electron chi connectivity index (χ2n) is 6.99. The van der Waals surface area contributed by atoms with Crippen molar-refractivity contribution in [2.45, 2.75) is 19.8 Å². The normalized spacial score (nSPS) is 15.2. The van der Waals surface area contributed by atoms with Gasteiger partial charge in [0.1, 0.15) is 12.3 Å². The second-order valence-corrected chi connectivity index (χ2v) is 8.83. The van der Waals surface area contributed by atoms with Gasteiger partial charge >= 0.3 is 0 Å². The molecule has 3 rings (SSSR count). The maximum Gasteiger partial charge on any atom is 0.294 e. The number of carbonyl (C=O) groups excluding carboxylic acids is 3. The summed E-state index contributed by atoms with van der Waals surface area (Å²) in [5.74, 6) is 0.145. The number of amides is 3. The van der Waals surface area contributed by atoms with E-state index in [4.69, 9.17) is 4.74 Å². The standard InChI is InChI=1S/C22H21BrN2O4S/c1-13(2)15-5-7-16(8-6-15)24-20(26)12-25-21(27)19(30-22(25)28)11-14-4-9-18(29-3)17(23)10-14/h4-11,13H,12H2,1-3H3,(H,24,26)/b19-11+. The molecule has 1 heterocycles. The van der Waals surface area contributed by atoms with Crippen molar-refractivity contribution in [1.82, 2.24) is 4.90 Å². The third-order valence-corrected chi connectivity index (χ3v) is 6.04. The Morgan fingerprint density at radius 3 is 2.50 bits per heavy atom. The number of hydrogen-bond acceptors (Lipinski definition) is 5. The maximum atomic E-state index is 12.6. The molecule has 3 amide bonds. The van der Waals surface area contributed by atoms with E-state index in [1.165, 1.54) is 0 Å². The number of rotatable bonds is 6. The smallest absolute Gasteiger partial charge is 0.294 e. The molecule has 2 aromatic carbocycles. The molecular formula is C22H21BrN2O4S. The van der Waals surface area contributed by atoms with E-state index in [1.807, 2.05) is 24.3 Å². The van der Waals surface area contributed by atoms with Crippen LogP contribution >= 0.6 is 27.7 Å². The molecule has 1 fully saturated rings. The Kier molecular flexibility index (Phi) is 6.99. The third kappa shape index (κ3) is 5.12. The van der Waals surface area contributed by atoms with Gasteiger partial charge in [0, 0.05) is 5.69 Å². The van der Waals surface area contributed by atoms with Gasteiger partial charge in [-0.05, 0) is 75.1 Å². The summed E-state index contributed by atoms with van der Waals surface area (Å²) < 4.78 is 5.93. The summed E-state index contributed by atoms with van der Waals surface area (Å²) in [6.07, 6.45) is 1.62. The van der Waals surface area contributed by atoms with Crippen LogP contribution in [0, 0.1) is 0 Å². The summed E-state index contributed by atoms with van der Waals surface area (Å²) in [5.41, 5.74) is 2.52. The topological polar surface area (TPSA) is 75.7 Å². The van der Waals surface area contributed by atoms with Gasteiger partial charge in [0.25, 0.3) is 11.1 Å². The van der Waals surface area contributed by atoms with E-state index in [2.05, 4.69) is 35.1 Å². The van der Waals surface area contributed by atoms with Crippen LogP contribution in [0.1, 0.15) is 30.9 Å². The number of nitrogens with one attached hydrogen (secondary N) is 1. The van der Waals surface area contributed by atoms with Crippen molar-refractivity contribution in [2.75, 3.05) is 19.0 Å². The maximum absolute atomic E-state index is 12.6. The number of nitrogens with zero attached hydrogens (tertiary/aromatic N) is 1. The lowest BCUT2D eigenvalue weighted by atomic mass is 10.0. The van der Waals surface area contributed by atoms with Crippen LogP contribution in [0.2, 0.25) is 0 Å². The van der Waals surface area contributed by atoms with Crippen molar-refractivity contribution < 1.29 is 19.1 Å². The molecule has 0 radical (unpaired) electrons. The quantitative estimate of drug-likeness (QED) is 0.561. The first-order chi connectivity index (χ1) is 14.3. The lowest BCUT2D eigenvalue weighted by molar-refractivity contribution is -0.127. The number of carbonyl (C=O) groups is 3. The lowest BCUT2D eigenvalue weighted by Gasteiger charge is -2.13. The number of benzene rings is 2. The first-order valence-corrected chi connectivity index (χ1v) is 10.9. The molecule has 0 atom stereocenters. The molecule has 0 unspecified atom stereocenters. The average Bonchev–Trinajstić information content (AvgIpc) is 2.96. The third-order valence-electron chi connectivity index (χ3n) is 4.51. The van der Waals surface area contributed by atoms with Gasteiger partial charge in [-0.1, -0.05) is 32.0 Å². The van der Waals surface area contributed by atoms with E-state index in [9.17, 15) is 14.4 Å². The molecule has 0 bridgehead atoms. The molecule has 156 valence electrons. The largest absolute Gasteiger partial charge is 0.496 e. The van der Waals surface area contributed by atoms with Crippen molar-refractivity contribution in [3.8, 4) is 5.75 Å². The molecule has 1 aliphatic heterocycles. The number of methoxy groups -OCH3 is 1. The Labute approximate surface area is 187 Å². The monoisotopic (exact) mass is 488 g/mol. The molecule has 1 aliphatic rings. The summed E-state index contributed by atoms with van der Waals surface area (Å²) in [7, 11) is 1.56. The highest BCUT2D eigenvalue weighted by Crippen LogP contribution is 2.33. The van der Waals surface area contributed by atoms with E-state index < -0.39 is 17.1 Å². The van der Waals surface area contributed by atoms with Crippen molar-refractivity contribution >= 4 is 56.5 Å². The Hall–Kier alpha value is -2.58. The zero-order chi connectivity index (χ0) is 21.8. The molecule has 8 heteroatoms. The molecule has 1 N–H and O–H groups in total. The minimum Gasteiger partial charge on any atom is -0.496 e. The van der Waals surface area contributed by atoms with Crippen molar-refractivity contribution in [3.05, 3.63) is 63.0 Å². The van der Waals surface area contributed by atoms with E-state index in [-0.39, 0.29) is 11.4 Å². The summed E-state index contributed by atoms with van der Waals surface area (Å²) >= 11 is 4.21. The fourth-order valence-electron chi connectivity index (χ4n) is 2.86. The van der Waals surface area contributed by atoms with E-state index in [1.54, 1.807) is 31.4 Å². The highest BCUT2D eigenvalue weighted by atomic mass is 79.9. The zero-order valence-electron chi connectivity index (χ0n) is 16.8. The van der Waals surface area contributed by atoms with Crippen LogP contribution in [-0.4, -0.2) is 35.6 Å². The first-order valence-electron chi connectivity index (χ1n) is 9.27. The van der Waals surface area contributed by atoms with Crippen molar-refractivity contribution in [3.63, 3.8) is 0 Å². The van der Waals surface area contributed by atoms with E-state index in [0.717, 1.165) is 32.3 Å². The predicted octanol–water partition coefficient (Wildman–Crippen LogP) is 5.26. The SMILES string of the molecule is COc1ccc(/C=C2/SC(=O)N(CC(=O)Nc3ccc(C(C)C)cc3)C2=O)cc1Br. The van der Waals surface area contributed by atoms with Gasteiger partial charge in [0.15, 0.2) is 0 Å². The summed E-state index contributed by atoms with van der Waals surface area (Å²) in [5, 5.41) is 2.26. The summed E-state index contributed by atoms with van der Waals surface area (Å²) in [6, 6.07) is 12.8. The average molecular weight is 489 g/mol. The molecule has 0 spiro atoms. The van der Waals surface area contributed by atoms with Crippen LogP contribution in [0.3, 0.4) is 0 Å². The van der Waals surface area contributed by atoms with Gasteiger partial charge in [-0.3, -0.25) is 19.3 Å². The fraction of sp³-hybridized carbons (Fsp3) is 0.227. The Balaban J connectivity index is 1.67. The number of anilines is 1. The summed E-state index contributed by atoms with van der Waals surface area (Å²) in [4.78, 5) is 38.5. The van der Waals surface area contributed by atoms with Crippen LogP contribution in [0.25, 0.3) is 6.08 Å². The Bertz CT molecular complexity index is 1020.